The summed E-state index contributed by atoms with van der Waals surface area (Å²) in [6.45, 7) is 0. The molecule has 1 aliphatic rings. The summed E-state index contributed by atoms with van der Waals surface area (Å²) >= 11 is 6.08. The topological polar surface area (TPSA) is 55.6 Å². The molecule has 2 unspecified atom stereocenters. The molecule has 0 amide bonds. The Balaban J connectivity index is 2.50. The molecule has 0 N–H and O–H groups in total. The Hall–Kier alpha value is -2.08. The molecule has 1 heterocycles. The lowest BCUT2D eigenvalue weighted by atomic mass is 9.92. The molecule has 2 rings (SSSR count). The van der Waals surface area contributed by atoms with E-state index in [0.29, 0.717) is 0 Å². The Bertz CT molecular complexity index is 649. The summed E-state index contributed by atoms with van der Waals surface area (Å²) in [6.07, 6.45) is 6.29. The van der Waals surface area contributed by atoms with Crippen molar-refractivity contribution in [3.63, 3.8) is 0 Å². The first kappa shape index (κ1) is 16.3. The van der Waals surface area contributed by atoms with E-state index in [2.05, 4.69) is 5.16 Å². The number of carbonyl (C=O) groups excluding carboxylic acids is 1. The Morgan fingerprint density at radius 3 is 2.86 bits per heavy atom. The van der Waals surface area contributed by atoms with Crippen LogP contribution in [0.3, 0.4) is 0 Å². The van der Waals surface area contributed by atoms with Crippen molar-refractivity contribution in [2.45, 2.75) is 12.1 Å². The summed E-state index contributed by atoms with van der Waals surface area (Å²) in [5, 5.41) is 4.09. The number of carbonyl (C=O) groups is 1. The molecule has 1 aromatic rings. The second kappa shape index (κ2) is 6.79. The first-order chi connectivity index (χ1) is 10.5. The Morgan fingerprint density at radius 2 is 2.27 bits per heavy atom. The van der Waals surface area contributed by atoms with Gasteiger partial charge in [0.05, 0.1) is 13.0 Å². The third-order valence-electron chi connectivity index (χ3n) is 3.12. The van der Waals surface area contributed by atoms with E-state index in [1.807, 2.05) is 14.1 Å². The van der Waals surface area contributed by atoms with Crippen LogP contribution >= 0.6 is 11.6 Å². The van der Waals surface area contributed by atoms with Crippen LogP contribution in [0.25, 0.3) is 6.08 Å². The summed E-state index contributed by atoms with van der Waals surface area (Å²) in [7, 11) is 4.87. The highest BCUT2D eigenvalue weighted by molar-refractivity contribution is 6.30. The lowest BCUT2D eigenvalue weighted by molar-refractivity contribution is 0.0598. The van der Waals surface area contributed by atoms with Gasteiger partial charge in [0.2, 0.25) is 0 Å². The molecular weight excluding hydrogens is 311 g/mol. The van der Waals surface area contributed by atoms with Gasteiger partial charge in [0, 0.05) is 31.4 Å². The van der Waals surface area contributed by atoms with Gasteiger partial charge in [0.25, 0.3) is 0 Å². The Labute approximate surface area is 132 Å². The Kier molecular flexibility index (Phi) is 5.03. The SMILES string of the molecule is COC(=O)c1c(C2C(Cl)=CC=CC2F)noc1/C=C/N(C)C. The molecule has 0 aromatic carbocycles. The lowest BCUT2D eigenvalue weighted by Gasteiger charge is -2.19. The summed E-state index contributed by atoms with van der Waals surface area (Å²) in [6, 6.07) is 0. The molecule has 7 heteroatoms. The molecule has 0 saturated carbocycles. The predicted octanol–water partition coefficient (Wildman–Crippen LogP) is 3.11. The van der Waals surface area contributed by atoms with Gasteiger partial charge in [-0.25, -0.2) is 9.18 Å². The van der Waals surface area contributed by atoms with Crippen LogP contribution in [0.2, 0.25) is 0 Å². The maximum Gasteiger partial charge on any atom is 0.343 e. The highest BCUT2D eigenvalue weighted by atomic mass is 35.5. The number of nitrogens with zero attached hydrogens (tertiary/aromatic N) is 2. The minimum Gasteiger partial charge on any atom is -0.465 e. The largest absolute Gasteiger partial charge is 0.465 e. The third kappa shape index (κ3) is 3.22. The molecule has 5 nitrogen and oxygen atoms in total. The number of allylic oxidation sites excluding steroid dienone is 4. The van der Waals surface area contributed by atoms with Crippen molar-refractivity contribution < 1.29 is 18.4 Å². The van der Waals surface area contributed by atoms with Gasteiger partial charge >= 0.3 is 5.97 Å². The standard InChI is InChI=1S/C15H16ClFN2O3/c1-19(2)8-7-11-13(15(20)21-3)14(18-22-11)12-9(16)5-4-6-10(12)17/h4-8,10,12H,1-3H3/b8-7+. The van der Waals surface area contributed by atoms with Crippen molar-refractivity contribution >= 4 is 23.6 Å². The molecule has 22 heavy (non-hydrogen) atoms. The molecule has 118 valence electrons. The molecule has 0 saturated heterocycles. The molecule has 1 aromatic heterocycles. The fourth-order valence-electron chi connectivity index (χ4n) is 2.07. The molecule has 0 spiro atoms. The van der Waals surface area contributed by atoms with Gasteiger partial charge in [0.1, 0.15) is 17.4 Å². The number of aromatic nitrogens is 1. The quantitative estimate of drug-likeness (QED) is 0.796. The highest BCUT2D eigenvalue weighted by Gasteiger charge is 2.35. The molecule has 1 aliphatic carbocycles. The zero-order valence-corrected chi connectivity index (χ0v) is 13.2. The van der Waals surface area contributed by atoms with Crippen LogP contribution < -0.4 is 0 Å². The van der Waals surface area contributed by atoms with Gasteiger partial charge in [-0.1, -0.05) is 22.8 Å². The van der Waals surface area contributed by atoms with Gasteiger partial charge in [-0.15, -0.1) is 0 Å². The van der Waals surface area contributed by atoms with Crippen LogP contribution in [-0.2, 0) is 4.74 Å². The van der Waals surface area contributed by atoms with Crippen LogP contribution in [0, 0.1) is 0 Å². The molecule has 0 radical (unpaired) electrons. The van der Waals surface area contributed by atoms with E-state index in [1.165, 1.54) is 19.3 Å². The first-order valence-corrected chi connectivity index (χ1v) is 6.94. The fraction of sp³-hybridized carbons (Fsp3) is 0.333. The van der Waals surface area contributed by atoms with Crippen molar-refractivity contribution in [3.05, 3.63) is 46.5 Å². The Morgan fingerprint density at radius 1 is 1.55 bits per heavy atom. The van der Waals surface area contributed by atoms with Crippen LogP contribution in [0.15, 0.2) is 34.0 Å². The lowest BCUT2D eigenvalue weighted by Crippen LogP contribution is -2.18. The van der Waals surface area contributed by atoms with Crippen molar-refractivity contribution in [1.82, 2.24) is 10.1 Å². The van der Waals surface area contributed by atoms with Crippen molar-refractivity contribution in [2.24, 2.45) is 0 Å². The van der Waals surface area contributed by atoms with Gasteiger partial charge < -0.3 is 14.2 Å². The molecule has 0 aliphatic heterocycles. The van der Waals surface area contributed by atoms with E-state index in [-0.39, 0.29) is 22.0 Å². The smallest absolute Gasteiger partial charge is 0.343 e. The van der Waals surface area contributed by atoms with Crippen molar-refractivity contribution in [2.75, 3.05) is 21.2 Å². The minimum atomic E-state index is -1.39. The number of esters is 1. The van der Waals surface area contributed by atoms with Gasteiger partial charge in [-0.3, -0.25) is 0 Å². The average Bonchev–Trinajstić information content (AvgIpc) is 2.88. The molecular formula is C15H16ClFN2O3. The minimum absolute atomic E-state index is 0.0788. The molecule has 0 bridgehead atoms. The zero-order valence-electron chi connectivity index (χ0n) is 12.4. The summed E-state index contributed by atoms with van der Waals surface area (Å²) < 4.78 is 24.1. The van der Waals surface area contributed by atoms with Crippen LogP contribution in [0.4, 0.5) is 4.39 Å². The summed E-state index contributed by atoms with van der Waals surface area (Å²) in [5.74, 6) is -1.34. The highest BCUT2D eigenvalue weighted by Crippen LogP contribution is 2.38. The second-order valence-electron chi connectivity index (χ2n) is 4.94. The van der Waals surface area contributed by atoms with Gasteiger partial charge in [-0.05, 0) is 12.2 Å². The maximum absolute atomic E-state index is 14.2. The monoisotopic (exact) mass is 326 g/mol. The number of hydrogen-bond donors (Lipinski definition) is 0. The number of ether oxygens (including phenoxy) is 1. The van der Waals surface area contributed by atoms with E-state index in [0.717, 1.165) is 0 Å². The molecule has 0 fully saturated rings. The fourth-order valence-corrected chi connectivity index (χ4v) is 2.36. The number of methoxy groups -OCH3 is 1. The third-order valence-corrected chi connectivity index (χ3v) is 3.48. The summed E-state index contributed by atoms with van der Waals surface area (Å²) in [4.78, 5) is 13.8. The van der Waals surface area contributed by atoms with E-state index in [4.69, 9.17) is 20.9 Å². The van der Waals surface area contributed by atoms with Gasteiger partial charge in [0.15, 0.2) is 5.76 Å². The normalized spacial score (nSPS) is 21.0. The van der Waals surface area contributed by atoms with E-state index >= 15 is 0 Å². The zero-order chi connectivity index (χ0) is 16.3. The summed E-state index contributed by atoms with van der Waals surface area (Å²) in [5.41, 5.74) is 0.207. The number of rotatable bonds is 4. The van der Waals surface area contributed by atoms with Crippen LogP contribution in [-0.4, -0.2) is 43.4 Å². The van der Waals surface area contributed by atoms with Gasteiger partial charge in [-0.2, -0.15) is 0 Å². The predicted molar refractivity (Wildman–Crippen MR) is 81.3 cm³/mol. The van der Waals surface area contributed by atoms with E-state index in [9.17, 15) is 9.18 Å². The molecule has 2 atom stereocenters. The first-order valence-electron chi connectivity index (χ1n) is 6.56. The average molecular weight is 327 g/mol. The second-order valence-corrected chi connectivity index (χ2v) is 5.37. The number of halogens is 2. The van der Waals surface area contributed by atoms with Crippen LogP contribution in [0.1, 0.15) is 27.7 Å². The van der Waals surface area contributed by atoms with Crippen molar-refractivity contribution in [3.8, 4) is 0 Å². The number of alkyl halides is 1. The van der Waals surface area contributed by atoms with E-state index < -0.39 is 18.1 Å². The van der Waals surface area contributed by atoms with Crippen LogP contribution in [0.5, 0.6) is 0 Å². The maximum atomic E-state index is 14.2. The van der Waals surface area contributed by atoms with E-state index in [1.54, 1.807) is 23.3 Å². The van der Waals surface area contributed by atoms with Crippen molar-refractivity contribution in [1.29, 1.82) is 0 Å². The number of hydrogen-bond acceptors (Lipinski definition) is 5.